The predicted octanol–water partition coefficient (Wildman–Crippen LogP) is 3.71. The first kappa shape index (κ1) is 11.0. The maximum Gasteiger partial charge on any atom is 0.182 e. The summed E-state index contributed by atoms with van der Waals surface area (Å²) in [4.78, 5) is 9.98. The van der Waals surface area contributed by atoms with Crippen molar-refractivity contribution in [2.45, 2.75) is 44.4 Å². The lowest BCUT2D eigenvalue weighted by molar-refractivity contribution is 0.580. The van der Waals surface area contributed by atoms with Crippen LogP contribution >= 0.6 is 11.3 Å². The van der Waals surface area contributed by atoms with Crippen molar-refractivity contribution in [2.75, 3.05) is 5.73 Å². The SMILES string of the molecule is Nc1nc2ccc(C3CCCCCC3)nc2s1. The van der Waals surface area contributed by atoms with Crippen LogP contribution in [0.15, 0.2) is 12.1 Å². The van der Waals surface area contributed by atoms with Gasteiger partial charge in [0.05, 0.1) is 0 Å². The van der Waals surface area contributed by atoms with Crippen LogP contribution in [0, 0.1) is 0 Å². The van der Waals surface area contributed by atoms with E-state index in [1.807, 2.05) is 0 Å². The molecule has 0 atom stereocenters. The lowest BCUT2D eigenvalue weighted by atomic mass is 9.96. The summed E-state index contributed by atoms with van der Waals surface area (Å²) in [6.45, 7) is 0. The van der Waals surface area contributed by atoms with Crippen molar-refractivity contribution in [1.29, 1.82) is 0 Å². The lowest BCUT2D eigenvalue weighted by Crippen LogP contribution is -1.99. The molecule has 3 nitrogen and oxygen atoms in total. The molecule has 0 saturated heterocycles. The third-order valence-electron chi connectivity index (χ3n) is 3.57. The first-order valence-corrected chi connectivity index (χ1v) is 7.17. The van der Waals surface area contributed by atoms with Crippen LogP contribution in [0.2, 0.25) is 0 Å². The molecule has 1 saturated carbocycles. The van der Waals surface area contributed by atoms with Crippen LogP contribution in [0.4, 0.5) is 5.13 Å². The fourth-order valence-corrected chi connectivity index (χ4v) is 3.36. The van der Waals surface area contributed by atoms with E-state index < -0.39 is 0 Å². The van der Waals surface area contributed by atoms with E-state index in [0.717, 1.165) is 10.3 Å². The third kappa shape index (κ3) is 2.27. The highest BCUT2D eigenvalue weighted by atomic mass is 32.1. The van der Waals surface area contributed by atoms with Crippen molar-refractivity contribution in [3.8, 4) is 0 Å². The van der Waals surface area contributed by atoms with Gasteiger partial charge in [-0.3, -0.25) is 0 Å². The van der Waals surface area contributed by atoms with Crippen molar-refractivity contribution < 1.29 is 0 Å². The van der Waals surface area contributed by atoms with Gasteiger partial charge in [0.25, 0.3) is 0 Å². The molecule has 3 rings (SSSR count). The number of hydrogen-bond donors (Lipinski definition) is 1. The maximum atomic E-state index is 5.71. The van der Waals surface area contributed by atoms with Crippen molar-refractivity contribution in [3.63, 3.8) is 0 Å². The molecule has 1 aliphatic carbocycles. The van der Waals surface area contributed by atoms with Crippen LogP contribution < -0.4 is 5.73 Å². The number of anilines is 1. The van der Waals surface area contributed by atoms with Gasteiger partial charge >= 0.3 is 0 Å². The van der Waals surface area contributed by atoms with Crippen molar-refractivity contribution in [3.05, 3.63) is 17.8 Å². The van der Waals surface area contributed by atoms with Crippen LogP contribution in [0.3, 0.4) is 0 Å². The number of fused-ring (bicyclic) bond motifs is 1. The maximum absolute atomic E-state index is 5.71. The standard InChI is InChI=1S/C13H17N3S/c14-13-16-11-8-7-10(15-12(11)17-13)9-5-3-1-2-4-6-9/h7-9H,1-6H2,(H2,14,16). The fraction of sp³-hybridized carbons (Fsp3) is 0.538. The Hall–Kier alpha value is -1.16. The van der Waals surface area contributed by atoms with Gasteiger partial charge in [0.2, 0.25) is 0 Å². The molecule has 2 aromatic rings. The number of nitrogens with zero attached hydrogens (tertiary/aromatic N) is 2. The van der Waals surface area contributed by atoms with Crippen LogP contribution in [0.5, 0.6) is 0 Å². The van der Waals surface area contributed by atoms with Gasteiger partial charge in [-0.1, -0.05) is 37.0 Å². The minimum atomic E-state index is 0.616. The molecule has 1 aliphatic rings. The Morgan fingerprint density at radius 3 is 2.59 bits per heavy atom. The molecule has 1 fully saturated rings. The first-order chi connectivity index (χ1) is 8.33. The molecule has 2 N–H and O–H groups in total. The summed E-state index contributed by atoms with van der Waals surface area (Å²) in [6, 6.07) is 4.20. The van der Waals surface area contributed by atoms with E-state index >= 15 is 0 Å². The molecule has 4 heteroatoms. The van der Waals surface area contributed by atoms with Gasteiger partial charge in [-0.05, 0) is 25.0 Å². The smallest absolute Gasteiger partial charge is 0.182 e. The van der Waals surface area contributed by atoms with E-state index in [0.29, 0.717) is 11.0 Å². The second-order valence-electron chi connectivity index (χ2n) is 4.80. The van der Waals surface area contributed by atoms with Gasteiger partial charge in [-0.2, -0.15) is 0 Å². The number of thiazole rings is 1. The number of nitrogens with two attached hydrogens (primary N) is 1. The molecule has 2 aromatic heterocycles. The molecule has 0 amide bonds. The van der Waals surface area contributed by atoms with Crippen molar-refractivity contribution >= 4 is 26.8 Å². The summed E-state index contributed by atoms with van der Waals surface area (Å²) in [5.74, 6) is 0.644. The molecule has 90 valence electrons. The number of hydrogen-bond acceptors (Lipinski definition) is 4. The molecule has 0 radical (unpaired) electrons. The van der Waals surface area contributed by atoms with Gasteiger partial charge in [0.15, 0.2) is 5.13 Å². The van der Waals surface area contributed by atoms with E-state index in [1.54, 1.807) is 0 Å². The highest BCUT2D eigenvalue weighted by Gasteiger charge is 2.16. The quantitative estimate of drug-likeness (QED) is 0.781. The van der Waals surface area contributed by atoms with E-state index in [2.05, 4.69) is 17.1 Å². The Morgan fingerprint density at radius 1 is 1.06 bits per heavy atom. The summed E-state index contributed by atoms with van der Waals surface area (Å²) < 4.78 is 0. The zero-order chi connectivity index (χ0) is 11.7. The molecular weight excluding hydrogens is 230 g/mol. The molecule has 2 heterocycles. The van der Waals surface area contributed by atoms with E-state index in [4.69, 9.17) is 10.7 Å². The zero-order valence-corrected chi connectivity index (χ0v) is 10.7. The monoisotopic (exact) mass is 247 g/mol. The van der Waals surface area contributed by atoms with E-state index in [9.17, 15) is 0 Å². The molecule has 17 heavy (non-hydrogen) atoms. The molecule has 0 unspecified atom stereocenters. The summed E-state index contributed by atoms with van der Waals surface area (Å²) in [5.41, 5.74) is 7.89. The summed E-state index contributed by atoms with van der Waals surface area (Å²) in [6.07, 6.45) is 8.02. The van der Waals surface area contributed by atoms with Crippen LogP contribution in [0.25, 0.3) is 10.3 Å². The van der Waals surface area contributed by atoms with Gasteiger partial charge in [0, 0.05) is 11.6 Å². The summed E-state index contributed by atoms with van der Waals surface area (Å²) >= 11 is 1.49. The van der Waals surface area contributed by atoms with Crippen LogP contribution in [-0.4, -0.2) is 9.97 Å². The summed E-state index contributed by atoms with van der Waals surface area (Å²) in [5, 5.41) is 0.616. The van der Waals surface area contributed by atoms with E-state index in [1.165, 1.54) is 55.6 Å². The largest absolute Gasteiger partial charge is 0.375 e. The third-order valence-corrected chi connectivity index (χ3v) is 4.36. The molecule has 0 aromatic carbocycles. The average molecular weight is 247 g/mol. The molecule has 0 bridgehead atoms. The Labute approximate surface area is 105 Å². The van der Waals surface area contributed by atoms with Gasteiger partial charge in [-0.25, -0.2) is 9.97 Å². The van der Waals surface area contributed by atoms with Crippen LogP contribution in [-0.2, 0) is 0 Å². The fourth-order valence-electron chi connectivity index (χ4n) is 2.65. The second-order valence-corrected chi connectivity index (χ2v) is 5.81. The topological polar surface area (TPSA) is 51.8 Å². The van der Waals surface area contributed by atoms with Crippen molar-refractivity contribution in [1.82, 2.24) is 9.97 Å². The number of pyridine rings is 1. The van der Waals surface area contributed by atoms with Gasteiger partial charge in [-0.15, -0.1) is 0 Å². The summed E-state index contributed by atoms with van der Waals surface area (Å²) in [7, 11) is 0. The minimum absolute atomic E-state index is 0.616. The first-order valence-electron chi connectivity index (χ1n) is 6.36. The lowest BCUT2D eigenvalue weighted by Gasteiger charge is -2.12. The Bertz CT molecular complexity index is 512. The Morgan fingerprint density at radius 2 is 1.82 bits per heavy atom. The molecular formula is C13H17N3S. The molecule has 0 aliphatic heterocycles. The second kappa shape index (κ2) is 4.61. The Balaban J connectivity index is 1.93. The highest BCUT2D eigenvalue weighted by Crippen LogP contribution is 2.32. The van der Waals surface area contributed by atoms with Crippen molar-refractivity contribution in [2.24, 2.45) is 0 Å². The highest BCUT2D eigenvalue weighted by molar-refractivity contribution is 7.21. The average Bonchev–Trinajstić information content (AvgIpc) is 2.53. The van der Waals surface area contributed by atoms with Crippen LogP contribution in [0.1, 0.15) is 50.1 Å². The number of aromatic nitrogens is 2. The predicted molar refractivity (Wildman–Crippen MR) is 72.3 cm³/mol. The number of nitrogen functional groups attached to an aromatic ring is 1. The minimum Gasteiger partial charge on any atom is -0.375 e. The molecule has 0 spiro atoms. The van der Waals surface area contributed by atoms with E-state index in [-0.39, 0.29) is 0 Å². The normalized spacial score (nSPS) is 18.4. The van der Waals surface area contributed by atoms with Gasteiger partial charge in [0.1, 0.15) is 10.3 Å². The Kier molecular flexibility index (Phi) is 2.97. The van der Waals surface area contributed by atoms with Gasteiger partial charge < -0.3 is 5.73 Å². The number of rotatable bonds is 1. The zero-order valence-electron chi connectivity index (χ0n) is 9.85.